The number of hydrogen-bond donors (Lipinski definition) is 1. The number of benzene rings is 2. The Kier molecular flexibility index (Phi) is 4.97. The molecule has 2 aliphatic carbocycles. The Morgan fingerprint density at radius 3 is 2.25 bits per heavy atom. The second-order valence-corrected chi connectivity index (χ2v) is 9.03. The molecule has 1 N–H and O–H groups in total. The summed E-state index contributed by atoms with van der Waals surface area (Å²) in [6, 6.07) is 12.3. The van der Waals surface area contributed by atoms with E-state index in [0.29, 0.717) is 10.6 Å². The molecule has 1 saturated heterocycles. The zero-order chi connectivity index (χ0) is 22.6. The van der Waals surface area contributed by atoms with Gasteiger partial charge in [0.05, 0.1) is 17.5 Å². The number of rotatable bonds is 5. The summed E-state index contributed by atoms with van der Waals surface area (Å²) in [4.78, 5) is 53.2. The summed E-state index contributed by atoms with van der Waals surface area (Å²) < 4.78 is 0. The molecule has 3 amide bonds. The van der Waals surface area contributed by atoms with Crippen molar-refractivity contribution < 1.29 is 19.2 Å². The summed E-state index contributed by atoms with van der Waals surface area (Å²) in [6.07, 6.45) is 4.86. The van der Waals surface area contributed by atoms with E-state index in [-0.39, 0.29) is 52.5 Å². The van der Waals surface area contributed by atoms with Crippen LogP contribution in [0, 0.1) is 23.7 Å². The Balaban J connectivity index is 1.38. The predicted octanol–water partition coefficient (Wildman–Crippen LogP) is 3.71. The molecule has 162 valence electrons. The van der Waals surface area contributed by atoms with Gasteiger partial charge in [-0.1, -0.05) is 54.1 Å². The third-order valence-corrected chi connectivity index (χ3v) is 7.03. The highest BCUT2D eigenvalue weighted by molar-refractivity contribution is 6.31. The maximum atomic E-state index is 13.1. The lowest BCUT2D eigenvalue weighted by molar-refractivity contribution is -0.146. The highest BCUT2D eigenvalue weighted by Gasteiger charge is 2.60. The number of allylic oxidation sites excluding steroid dienone is 2. The topological polar surface area (TPSA) is 83.6 Å². The number of carbonyl (C=O) groups excluding carboxylic acids is 4. The first-order valence-electron chi connectivity index (χ1n) is 10.6. The zero-order valence-electron chi connectivity index (χ0n) is 17.3. The van der Waals surface area contributed by atoms with Crippen molar-refractivity contribution in [2.75, 3.05) is 5.32 Å². The first-order chi connectivity index (χ1) is 15.4. The van der Waals surface area contributed by atoms with Crippen LogP contribution < -0.4 is 5.32 Å². The highest BCUT2D eigenvalue weighted by atomic mass is 35.5. The molecule has 5 rings (SSSR count). The maximum Gasteiger partial charge on any atom is 0.247 e. The minimum atomic E-state index is -0.990. The van der Waals surface area contributed by atoms with Crippen molar-refractivity contribution in [1.82, 2.24) is 4.90 Å². The summed E-state index contributed by atoms with van der Waals surface area (Å²) >= 11 is 6.11. The van der Waals surface area contributed by atoms with Crippen LogP contribution in [0.3, 0.4) is 0 Å². The number of carbonyl (C=O) groups is 4. The molecule has 0 spiro atoms. The molecule has 32 heavy (non-hydrogen) atoms. The standard InChI is InChI=1S/C25H21ClN2O4/c1-13(28-24(31)20-15-7-8-16(11-15)21(20)25(28)32)23(30)27-19-10-9-17(26)12-18(19)22(29)14-5-3-2-4-6-14/h2-10,12-13,15-16,20-21H,11H2,1H3,(H,27,30)/t13-,15-,16+,20-,21-/m0/s1. The van der Waals surface area contributed by atoms with Crippen molar-refractivity contribution >= 4 is 40.8 Å². The quantitative estimate of drug-likeness (QED) is 0.429. The molecule has 1 aliphatic heterocycles. The van der Waals surface area contributed by atoms with Gasteiger partial charge in [-0.3, -0.25) is 24.1 Å². The molecule has 5 atom stereocenters. The number of ketones is 1. The van der Waals surface area contributed by atoms with Gasteiger partial charge in [-0.05, 0) is 43.4 Å². The van der Waals surface area contributed by atoms with Gasteiger partial charge in [0.25, 0.3) is 0 Å². The van der Waals surface area contributed by atoms with E-state index in [1.807, 2.05) is 12.2 Å². The van der Waals surface area contributed by atoms with Gasteiger partial charge < -0.3 is 5.32 Å². The molecular weight excluding hydrogens is 428 g/mol. The van der Waals surface area contributed by atoms with Crippen LogP contribution in [0.5, 0.6) is 0 Å². The Labute approximate surface area is 190 Å². The largest absolute Gasteiger partial charge is 0.324 e. The summed E-state index contributed by atoms with van der Waals surface area (Å²) in [5.74, 6) is -1.96. The summed E-state index contributed by atoms with van der Waals surface area (Å²) in [6.45, 7) is 1.54. The SMILES string of the molecule is C[C@@H](C(=O)Nc1ccc(Cl)cc1C(=O)c1ccccc1)N1C(=O)[C@@H]2[C@@H](C1=O)[C@H]1C=C[C@@H]2C1. The molecule has 2 bridgehead atoms. The fraction of sp³-hybridized carbons (Fsp3) is 0.280. The Hall–Kier alpha value is -3.25. The first kappa shape index (κ1) is 20.6. The Bertz CT molecular complexity index is 1150. The third kappa shape index (κ3) is 3.17. The molecule has 2 fully saturated rings. The van der Waals surface area contributed by atoms with Gasteiger partial charge in [-0.2, -0.15) is 0 Å². The van der Waals surface area contributed by atoms with Crippen molar-refractivity contribution in [1.29, 1.82) is 0 Å². The van der Waals surface area contributed by atoms with Gasteiger partial charge >= 0.3 is 0 Å². The van der Waals surface area contributed by atoms with E-state index < -0.39 is 11.9 Å². The molecule has 2 aromatic rings. The van der Waals surface area contributed by atoms with Gasteiger partial charge in [-0.25, -0.2) is 0 Å². The van der Waals surface area contributed by atoms with Crippen LogP contribution in [0.2, 0.25) is 5.02 Å². The predicted molar refractivity (Wildman–Crippen MR) is 119 cm³/mol. The van der Waals surface area contributed by atoms with E-state index in [0.717, 1.165) is 11.3 Å². The van der Waals surface area contributed by atoms with Crippen molar-refractivity contribution in [3.8, 4) is 0 Å². The molecule has 0 radical (unpaired) electrons. The lowest BCUT2D eigenvalue weighted by atomic mass is 9.85. The van der Waals surface area contributed by atoms with E-state index in [1.54, 1.807) is 42.5 Å². The van der Waals surface area contributed by atoms with Crippen LogP contribution in [-0.2, 0) is 14.4 Å². The van der Waals surface area contributed by atoms with Gasteiger partial charge in [0, 0.05) is 16.1 Å². The van der Waals surface area contributed by atoms with E-state index >= 15 is 0 Å². The normalized spacial score (nSPS) is 26.4. The second kappa shape index (κ2) is 7.71. The average molecular weight is 449 g/mol. The third-order valence-electron chi connectivity index (χ3n) is 6.79. The lowest BCUT2D eigenvalue weighted by Crippen LogP contribution is -2.46. The number of amides is 3. The Morgan fingerprint density at radius 1 is 1.00 bits per heavy atom. The van der Waals surface area contributed by atoms with Crippen LogP contribution in [0.4, 0.5) is 5.69 Å². The number of anilines is 1. The van der Waals surface area contributed by atoms with E-state index in [4.69, 9.17) is 11.6 Å². The van der Waals surface area contributed by atoms with Gasteiger partial charge in [0.2, 0.25) is 17.7 Å². The monoisotopic (exact) mass is 448 g/mol. The minimum Gasteiger partial charge on any atom is -0.324 e. The lowest BCUT2D eigenvalue weighted by Gasteiger charge is -2.24. The summed E-state index contributed by atoms with van der Waals surface area (Å²) in [7, 11) is 0. The Morgan fingerprint density at radius 2 is 1.62 bits per heavy atom. The van der Waals surface area contributed by atoms with Crippen molar-refractivity contribution in [3.63, 3.8) is 0 Å². The molecule has 6 nitrogen and oxygen atoms in total. The maximum absolute atomic E-state index is 13.1. The molecule has 0 unspecified atom stereocenters. The second-order valence-electron chi connectivity index (χ2n) is 8.60. The molecule has 1 heterocycles. The van der Waals surface area contributed by atoms with Gasteiger partial charge in [-0.15, -0.1) is 0 Å². The molecule has 0 aromatic heterocycles. The van der Waals surface area contributed by atoms with Crippen molar-refractivity contribution in [3.05, 3.63) is 76.8 Å². The zero-order valence-corrected chi connectivity index (χ0v) is 18.1. The number of imide groups is 1. The molecule has 2 aromatic carbocycles. The van der Waals surface area contributed by atoms with Crippen LogP contribution >= 0.6 is 11.6 Å². The fourth-order valence-electron chi connectivity index (χ4n) is 5.22. The fourth-order valence-corrected chi connectivity index (χ4v) is 5.39. The van der Waals surface area contributed by atoms with Crippen LogP contribution in [0.1, 0.15) is 29.3 Å². The number of nitrogens with zero attached hydrogens (tertiary/aromatic N) is 1. The smallest absolute Gasteiger partial charge is 0.247 e. The highest BCUT2D eigenvalue weighted by Crippen LogP contribution is 2.52. The number of likely N-dealkylation sites (tertiary alicyclic amines) is 1. The molecule has 7 heteroatoms. The van der Waals surface area contributed by atoms with Gasteiger partial charge in [0.1, 0.15) is 6.04 Å². The minimum absolute atomic E-state index is 0.0769. The van der Waals surface area contributed by atoms with Gasteiger partial charge in [0.15, 0.2) is 5.78 Å². The summed E-state index contributed by atoms with van der Waals surface area (Å²) in [5, 5.41) is 3.09. The molecular formula is C25H21ClN2O4. The molecule has 1 saturated carbocycles. The van der Waals surface area contributed by atoms with Crippen molar-refractivity contribution in [2.45, 2.75) is 19.4 Å². The van der Waals surface area contributed by atoms with E-state index in [9.17, 15) is 19.2 Å². The summed E-state index contributed by atoms with van der Waals surface area (Å²) in [5.41, 5.74) is 0.975. The van der Waals surface area contributed by atoms with E-state index in [2.05, 4.69) is 5.32 Å². The van der Waals surface area contributed by atoms with Crippen LogP contribution in [0.15, 0.2) is 60.7 Å². The number of hydrogen-bond acceptors (Lipinski definition) is 4. The first-order valence-corrected chi connectivity index (χ1v) is 11.0. The number of halogens is 1. The van der Waals surface area contributed by atoms with E-state index in [1.165, 1.54) is 13.0 Å². The number of fused-ring (bicyclic) bond motifs is 5. The van der Waals surface area contributed by atoms with Crippen LogP contribution in [-0.4, -0.2) is 34.4 Å². The molecule has 3 aliphatic rings. The average Bonchev–Trinajstić information content (AvgIpc) is 3.48. The van der Waals surface area contributed by atoms with Crippen LogP contribution in [0.25, 0.3) is 0 Å². The number of nitrogens with one attached hydrogen (secondary N) is 1. The van der Waals surface area contributed by atoms with Crippen molar-refractivity contribution in [2.24, 2.45) is 23.7 Å².